The number of ether oxygens (including phenoxy) is 1. The van der Waals surface area contributed by atoms with Crippen LogP contribution in [-0.2, 0) is 9.53 Å². The van der Waals surface area contributed by atoms with Gasteiger partial charge in [-0.05, 0) is 12.8 Å². The third-order valence-corrected chi connectivity index (χ3v) is 2.21. The Balaban J connectivity index is 2.17. The number of carbonyl (C=O) groups excluding carboxylic acids is 1. The highest BCUT2D eigenvalue weighted by Gasteiger charge is 2.22. The third-order valence-electron chi connectivity index (χ3n) is 1.94. The summed E-state index contributed by atoms with van der Waals surface area (Å²) in [5.41, 5.74) is 0. The molecule has 1 saturated heterocycles. The molecule has 0 aromatic rings. The lowest BCUT2D eigenvalue weighted by Crippen LogP contribution is -2.13. The standard InChI is InChI=1S/C8H13ClO2/c9-4-1-2-8(10)7-3-5-11-6-7/h7H,1-6H2. The van der Waals surface area contributed by atoms with Gasteiger partial charge in [-0.1, -0.05) is 0 Å². The molecule has 0 saturated carbocycles. The van der Waals surface area contributed by atoms with Crippen LogP contribution in [0.1, 0.15) is 19.3 Å². The Morgan fingerprint density at radius 3 is 3.00 bits per heavy atom. The highest BCUT2D eigenvalue weighted by Crippen LogP contribution is 2.15. The number of alkyl halides is 1. The smallest absolute Gasteiger partial charge is 0.138 e. The Hall–Kier alpha value is -0.0800. The Bertz CT molecular complexity index is 130. The molecule has 1 atom stereocenters. The van der Waals surface area contributed by atoms with Crippen molar-refractivity contribution in [3.63, 3.8) is 0 Å². The van der Waals surface area contributed by atoms with Gasteiger partial charge in [-0.25, -0.2) is 0 Å². The lowest BCUT2D eigenvalue weighted by molar-refractivity contribution is -0.122. The molecule has 11 heavy (non-hydrogen) atoms. The number of hydrogen-bond acceptors (Lipinski definition) is 2. The van der Waals surface area contributed by atoms with E-state index in [0.29, 0.717) is 24.7 Å². The van der Waals surface area contributed by atoms with Crippen molar-refractivity contribution in [2.24, 2.45) is 5.92 Å². The number of ketones is 1. The maximum absolute atomic E-state index is 11.3. The Morgan fingerprint density at radius 2 is 2.45 bits per heavy atom. The summed E-state index contributed by atoms with van der Waals surface area (Å²) in [5.74, 6) is 1.07. The van der Waals surface area contributed by atoms with Crippen LogP contribution in [0.25, 0.3) is 0 Å². The first-order valence-corrected chi connectivity index (χ1v) is 4.54. The molecule has 2 nitrogen and oxygen atoms in total. The van der Waals surface area contributed by atoms with E-state index in [2.05, 4.69) is 0 Å². The molecule has 1 rings (SSSR count). The van der Waals surface area contributed by atoms with Gasteiger partial charge in [-0.2, -0.15) is 0 Å². The van der Waals surface area contributed by atoms with Crippen molar-refractivity contribution in [2.75, 3.05) is 19.1 Å². The second-order valence-electron chi connectivity index (χ2n) is 2.82. The van der Waals surface area contributed by atoms with Crippen LogP contribution in [0.15, 0.2) is 0 Å². The fourth-order valence-corrected chi connectivity index (χ4v) is 1.37. The molecule has 1 aliphatic heterocycles. The van der Waals surface area contributed by atoms with Crippen LogP contribution in [0.2, 0.25) is 0 Å². The van der Waals surface area contributed by atoms with Gasteiger partial charge in [0.2, 0.25) is 0 Å². The molecule has 0 bridgehead atoms. The highest BCUT2D eigenvalue weighted by molar-refractivity contribution is 6.17. The summed E-state index contributed by atoms with van der Waals surface area (Å²) in [6.07, 6.45) is 2.33. The SMILES string of the molecule is O=C(CCCCl)C1CCOC1. The molecule has 3 heteroatoms. The van der Waals surface area contributed by atoms with E-state index in [9.17, 15) is 4.79 Å². The van der Waals surface area contributed by atoms with Crippen LogP contribution in [0.4, 0.5) is 0 Å². The molecule has 0 amide bonds. The second-order valence-corrected chi connectivity index (χ2v) is 3.20. The average Bonchev–Trinajstić information content (AvgIpc) is 2.52. The van der Waals surface area contributed by atoms with Gasteiger partial charge in [-0.15, -0.1) is 11.6 Å². The Morgan fingerprint density at radius 1 is 1.64 bits per heavy atom. The number of carbonyl (C=O) groups is 1. The molecule has 1 unspecified atom stereocenters. The first-order chi connectivity index (χ1) is 5.34. The summed E-state index contributed by atoms with van der Waals surface area (Å²) in [7, 11) is 0. The van der Waals surface area contributed by atoms with Crippen molar-refractivity contribution in [2.45, 2.75) is 19.3 Å². The number of halogens is 1. The molecule has 1 aliphatic rings. The summed E-state index contributed by atoms with van der Waals surface area (Å²) >= 11 is 5.47. The van der Waals surface area contributed by atoms with Crippen LogP contribution in [-0.4, -0.2) is 24.9 Å². The minimum absolute atomic E-state index is 0.165. The number of hydrogen-bond donors (Lipinski definition) is 0. The summed E-state index contributed by atoms with van der Waals surface area (Å²) < 4.78 is 5.10. The second kappa shape index (κ2) is 4.73. The maximum Gasteiger partial charge on any atom is 0.138 e. The molecule has 0 aromatic heterocycles. The summed E-state index contributed by atoms with van der Waals surface area (Å²) in [5, 5.41) is 0. The molecule has 0 aromatic carbocycles. The van der Waals surface area contributed by atoms with E-state index in [1.165, 1.54) is 0 Å². The van der Waals surface area contributed by atoms with Gasteiger partial charge < -0.3 is 4.74 Å². The predicted molar refractivity (Wildman–Crippen MR) is 43.9 cm³/mol. The van der Waals surface area contributed by atoms with Crippen LogP contribution in [0, 0.1) is 5.92 Å². The first kappa shape index (κ1) is 9.01. The number of rotatable bonds is 4. The lowest BCUT2D eigenvalue weighted by atomic mass is 10.0. The average molecular weight is 177 g/mol. The molecular formula is C8H13ClO2. The van der Waals surface area contributed by atoms with Gasteiger partial charge in [0, 0.05) is 24.8 Å². The highest BCUT2D eigenvalue weighted by atomic mass is 35.5. The number of Topliss-reactive ketones (excluding diaryl/α,β-unsaturated/α-hetero) is 1. The monoisotopic (exact) mass is 176 g/mol. The molecular weight excluding hydrogens is 164 g/mol. The van der Waals surface area contributed by atoms with E-state index < -0.39 is 0 Å². The van der Waals surface area contributed by atoms with Crippen LogP contribution in [0.5, 0.6) is 0 Å². The van der Waals surface area contributed by atoms with E-state index >= 15 is 0 Å². The zero-order valence-corrected chi connectivity index (χ0v) is 7.27. The topological polar surface area (TPSA) is 26.3 Å². The molecule has 1 fully saturated rings. The van der Waals surface area contributed by atoms with E-state index in [0.717, 1.165) is 19.4 Å². The summed E-state index contributed by atoms with van der Waals surface area (Å²) in [6.45, 7) is 1.37. The normalized spacial score (nSPS) is 23.9. The van der Waals surface area contributed by atoms with E-state index in [4.69, 9.17) is 16.3 Å². The zero-order valence-electron chi connectivity index (χ0n) is 6.51. The molecule has 0 spiro atoms. The van der Waals surface area contributed by atoms with E-state index in [-0.39, 0.29) is 5.92 Å². The predicted octanol–water partition coefficient (Wildman–Crippen LogP) is 1.61. The summed E-state index contributed by atoms with van der Waals surface area (Å²) in [6, 6.07) is 0. The maximum atomic E-state index is 11.3. The third kappa shape index (κ3) is 2.80. The first-order valence-electron chi connectivity index (χ1n) is 4.01. The largest absolute Gasteiger partial charge is 0.381 e. The van der Waals surface area contributed by atoms with Crippen LogP contribution in [0.3, 0.4) is 0 Å². The quantitative estimate of drug-likeness (QED) is 0.609. The van der Waals surface area contributed by atoms with Gasteiger partial charge in [0.1, 0.15) is 5.78 Å². The van der Waals surface area contributed by atoms with Crippen molar-refractivity contribution in [3.05, 3.63) is 0 Å². The molecule has 1 heterocycles. The van der Waals surface area contributed by atoms with Crippen molar-refractivity contribution in [1.82, 2.24) is 0 Å². The van der Waals surface area contributed by atoms with Crippen molar-refractivity contribution < 1.29 is 9.53 Å². The van der Waals surface area contributed by atoms with Crippen molar-refractivity contribution >= 4 is 17.4 Å². The van der Waals surface area contributed by atoms with Gasteiger partial charge in [0.25, 0.3) is 0 Å². The zero-order chi connectivity index (χ0) is 8.10. The molecule has 64 valence electrons. The Kier molecular flexibility index (Phi) is 3.87. The summed E-state index contributed by atoms with van der Waals surface area (Å²) in [4.78, 5) is 11.3. The van der Waals surface area contributed by atoms with E-state index in [1.54, 1.807) is 0 Å². The molecule has 0 radical (unpaired) electrons. The van der Waals surface area contributed by atoms with Gasteiger partial charge >= 0.3 is 0 Å². The van der Waals surface area contributed by atoms with Crippen LogP contribution >= 0.6 is 11.6 Å². The lowest BCUT2D eigenvalue weighted by Gasteiger charge is -2.03. The van der Waals surface area contributed by atoms with E-state index in [1.807, 2.05) is 0 Å². The fraction of sp³-hybridized carbons (Fsp3) is 0.875. The van der Waals surface area contributed by atoms with Gasteiger partial charge in [-0.3, -0.25) is 4.79 Å². The fourth-order valence-electron chi connectivity index (χ4n) is 1.23. The molecule has 0 N–H and O–H groups in total. The minimum atomic E-state index is 0.165. The Labute approximate surface area is 71.9 Å². The van der Waals surface area contributed by atoms with Crippen LogP contribution < -0.4 is 0 Å². The van der Waals surface area contributed by atoms with Crippen molar-refractivity contribution in [3.8, 4) is 0 Å². The minimum Gasteiger partial charge on any atom is -0.381 e. The van der Waals surface area contributed by atoms with Gasteiger partial charge in [0.05, 0.1) is 6.61 Å². The van der Waals surface area contributed by atoms with Gasteiger partial charge in [0.15, 0.2) is 0 Å². The van der Waals surface area contributed by atoms with Crippen molar-refractivity contribution in [1.29, 1.82) is 0 Å². The molecule has 0 aliphatic carbocycles.